The molecule has 5 heteroatoms. The van der Waals surface area contributed by atoms with E-state index < -0.39 is 17.2 Å². The summed E-state index contributed by atoms with van der Waals surface area (Å²) in [5.74, 6) is -1.03. The molecule has 0 aliphatic heterocycles. The van der Waals surface area contributed by atoms with E-state index in [9.17, 15) is 9.18 Å². The van der Waals surface area contributed by atoms with E-state index in [1.54, 1.807) is 26.0 Å². The van der Waals surface area contributed by atoms with Crippen LogP contribution < -0.4 is 0 Å². The number of halogens is 2. The molecule has 0 radical (unpaired) electrons. The van der Waals surface area contributed by atoms with Crippen molar-refractivity contribution in [1.29, 1.82) is 0 Å². The standard InChI is InChI=1S/C13H16BrFO3/c1-3-18-12(17)13(2,7-8-16)9-5-4-6-10(14)11(9)15/h4-6,16H,3,7-8H2,1-2H3. The normalized spacial score (nSPS) is 14.1. The molecule has 100 valence electrons. The second-order valence-electron chi connectivity index (χ2n) is 4.13. The summed E-state index contributed by atoms with van der Waals surface area (Å²) in [7, 11) is 0. The van der Waals surface area contributed by atoms with Crippen molar-refractivity contribution in [2.24, 2.45) is 0 Å². The first-order valence-corrected chi connectivity index (χ1v) is 6.49. The highest BCUT2D eigenvalue weighted by molar-refractivity contribution is 9.10. The quantitative estimate of drug-likeness (QED) is 0.849. The van der Waals surface area contributed by atoms with E-state index in [1.807, 2.05) is 0 Å². The van der Waals surface area contributed by atoms with E-state index in [0.717, 1.165) is 0 Å². The van der Waals surface area contributed by atoms with Gasteiger partial charge in [0, 0.05) is 12.2 Å². The summed E-state index contributed by atoms with van der Waals surface area (Å²) in [6, 6.07) is 4.74. The summed E-state index contributed by atoms with van der Waals surface area (Å²) in [5.41, 5.74) is -0.956. The molecule has 0 aliphatic carbocycles. The second kappa shape index (κ2) is 6.29. The van der Waals surface area contributed by atoms with Crippen LogP contribution in [0.4, 0.5) is 4.39 Å². The maximum atomic E-state index is 14.1. The lowest BCUT2D eigenvalue weighted by Crippen LogP contribution is -2.36. The van der Waals surface area contributed by atoms with E-state index in [2.05, 4.69) is 15.9 Å². The zero-order valence-electron chi connectivity index (χ0n) is 10.4. The van der Waals surface area contributed by atoms with Crippen LogP contribution in [0.3, 0.4) is 0 Å². The van der Waals surface area contributed by atoms with Crippen LogP contribution in [0.25, 0.3) is 0 Å². The summed E-state index contributed by atoms with van der Waals surface area (Å²) in [6.07, 6.45) is 0.110. The van der Waals surface area contributed by atoms with Crippen LogP contribution in [-0.4, -0.2) is 24.3 Å². The topological polar surface area (TPSA) is 46.5 Å². The van der Waals surface area contributed by atoms with Gasteiger partial charge in [0.1, 0.15) is 5.82 Å². The van der Waals surface area contributed by atoms with Crippen LogP contribution in [0.15, 0.2) is 22.7 Å². The van der Waals surface area contributed by atoms with Gasteiger partial charge in [0.15, 0.2) is 0 Å². The highest BCUT2D eigenvalue weighted by Crippen LogP contribution is 2.33. The number of esters is 1. The molecule has 3 nitrogen and oxygen atoms in total. The zero-order chi connectivity index (χ0) is 13.8. The fraction of sp³-hybridized carbons (Fsp3) is 0.462. The average molecular weight is 319 g/mol. The lowest BCUT2D eigenvalue weighted by molar-refractivity contribution is -0.150. The van der Waals surface area contributed by atoms with Crippen LogP contribution in [0.5, 0.6) is 0 Å². The van der Waals surface area contributed by atoms with Crippen molar-refractivity contribution in [3.63, 3.8) is 0 Å². The minimum absolute atomic E-state index is 0.110. The SMILES string of the molecule is CCOC(=O)C(C)(CCO)c1cccc(Br)c1F. The van der Waals surface area contributed by atoms with Crippen molar-refractivity contribution < 1.29 is 19.0 Å². The number of aliphatic hydroxyl groups excluding tert-OH is 1. The van der Waals surface area contributed by atoms with Crippen molar-refractivity contribution in [2.45, 2.75) is 25.7 Å². The average Bonchev–Trinajstić information content (AvgIpc) is 2.33. The molecule has 0 aromatic heterocycles. The van der Waals surface area contributed by atoms with Crippen LogP contribution in [-0.2, 0) is 14.9 Å². The van der Waals surface area contributed by atoms with Gasteiger partial charge in [0.2, 0.25) is 0 Å². The number of hydrogen-bond donors (Lipinski definition) is 1. The Labute approximate surface area is 114 Å². The molecule has 0 spiro atoms. The number of benzene rings is 1. The third-order valence-corrected chi connectivity index (χ3v) is 3.50. The van der Waals surface area contributed by atoms with Crippen LogP contribution in [0, 0.1) is 5.82 Å². The Bertz CT molecular complexity index is 436. The summed E-state index contributed by atoms with van der Waals surface area (Å²) in [4.78, 5) is 12.0. The first-order chi connectivity index (χ1) is 8.47. The second-order valence-corrected chi connectivity index (χ2v) is 4.98. The molecule has 0 amide bonds. The van der Waals surface area contributed by atoms with Gasteiger partial charge in [-0.3, -0.25) is 4.79 Å². The summed E-state index contributed by atoms with van der Waals surface area (Å²) < 4.78 is 19.3. The molecule has 1 N–H and O–H groups in total. The molecule has 1 unspecified atom stereocenters. The number of rotatable bonds is 5. The number of carbonyl (C=O) groups is 1. The Morgan fingerprint density at radius 2 is 2.22 bits per heavy atom. The molecule has 0 aliphatic rings. The number of ether oxygens (including phenoxy) is 1. The third-order valence-electron chi connectivity index (χ3n) is 2.88. The molecule has 0 saturated carbocycles. The maximum Gasteiger partial charge on any atom is 0.316 e. The van der Waals surface area contributed by atoms with Gasteiger partial charge in [0.25, 0.3) is 0 Å². The van der Waals surface area contributed by atoms with E-state index in [-0.39, 0.29) is 29.7 Å². The van der Waals surface area contributed by atoms with Gasteiger partial charge in [0.05, 0.1) is 16.5 Å². The molecule has 0 saturated heterocycles. The van der Waals surface area contributed by atoms with Crippen molar-refractivity contribution in [3.8, 4) is 0 Å². The highest BCUT2D eigenvalue weighted by Gasteiger charge is 2.38. The maximum absolute atomic E-state index is 14.1. The zero-order valence-corrected chi connectivity index (χ0v) is 12.0. The lowest BCUT2D eigenvalue weighted by Gasteiger charge is -2.27. The molecule has 1 aromatic carbocycles. The van der Waals surface area contributed by atoms with Crippen molar-refractivity contribution >= 4 is 21.9 Å². The van der Waals surface area contributed by atoms with Gasteiger partial charge < -0.3 is 9.84 Å². The molecule has 1 rings (SSSR count). The van der Waals surface area contributed by atoms with Crippen molar-refractivity contribution in [1.82, 2.24) is 0 Å². The number of carbonyl (C=O) groups excluding carboxylic acids is 1. The summed E-state index contributed by atoms with van der Waals surface area (Å²) in [5, 5.41) is 9.10. The Hall–Kier alpha value is -0.940. The first-order valence-electron chi connectivity index (χ1n) is 5.70. The molecule has 0 bridgehead atoms. The fourth-order valence-corrected chi connectivity index (χ4v) is 2.16. The highest BCUT2D eigenvalue weighted by atomic mass is 79.9. The van der Waals surface area contributed by atoms with Gasteiger partial charge >= 0.3 is 5.97 Å². The van der Waals surface area contributed by atoms with Crippen molar-refractivity contribution in [3.05, 3.63) is 34.1 Å². The van der Waals surface area contributed by atoms with Crippen LogP contribution in [0.2, 0.25) is 0 Å². The molecular formula is C13H16BrFO3. The van der Waals surface area contributed by atoms with E-state index in [1.165, 1.54) is 6.07 Å². The van der Waals surface area contributed by atoms with Gasteiger partial charge in [-0.15, -0.1) is 0 Å². The van der Waals surface area contributed by atoms with Gasteiger partial charge in [-0.05, 0) is 42.3 Å². The predicted molar refractivity (Wildman–Crippen MR) is 69.8 cm³/mol. The first kappa shape index (κ1) is 15.1. The summed E-state index contributed by atoms with van der Waals surface area (Å²) >= 11 is 3.09. The fourth-order valence-electron chi connectivity index (χ4n) is 1.79. The Balaban J connectivity index is 3.26. The van der Waals surface area contributed by atoms with E-state index in [4.69, 9.17) is 9.84 Å². The van der Waals surface area contributed by atoms with Gasteiger partial charge in [-0.2, -0.15) is 0 Å². The smallest absolute Gasteiger partial charge is 0.316 e. The minimum Gasteiger partial charge on any atom is -0.465 e. The molecule has 0 heterocycles. The number of aliphatic hydroxyl groups is 1. The molecule has 1 aromatic rings. The van der Waals surface area contributed by atoms with E-state index in [0.29, 0.717) is 0 Å². The predicted octanol–water partition coefficient (Wildman–Crippen LogP) is 2.79. The summed E-state index contributed by atoms with van der Waals surface area (Å²) in [6.45, 7) is 3.26. The lowest BCUT2D eigenvalue weighted by atomic mass is 9.79. The van der Waals surface area contributed by atoms with Crippen LogP contribution in [0.1, 0.15) is 25.8 Å². The third kappa shape index (κ3) is 2.90. The Morgan fingerprint density at radius 1 is 1.56 bits per heavy atom. The number of hydrogen-bond acceptors (Lipinski definition) is 3. The minimum atomic E-state index is -1.18. The van der Waals surface area contributed by atoms with Crippen molar-refractivity contribution in [2.75, 3.05) is 13.2 Å². The van der Waals surface area contributed by atoms with E-state index >= 15 is 0 Å². The Morgan fingerprint density at radius 3 is 2.78 bits per heavy atom. The molecule has 18 heavy (non-hydrogen) atoms. The van der Waals surface area contributed by atoms with Crippen LogP contribution >= 0.6 is 15.9 Å². The van der Waals surface area contributed by atoms with Gasteiger partial charge in [-0.1, -0.05) is 12.1 Å². The van der Waals surface area contributed by atoms with Gasteiger partial charge in [-0.25, -0.2) is 4.39 Å². The largest absolute Gasteiger partial charge is 0.465 e. The molecule has 0 fully saturated rings. The Kier molecular flexibility index (Phi) is 5.28. The molecular weight excluding hydrogens is 303 g/mol. The monoisotopic (exact) mass is 318 g/mol. The molecule has 1 atom stereocenters.